The van der Waals surface area contributed by atoms with Gasteiger partial charge in [0.25, 0.3) is 0 Å². The second-order valence-electron chi connectivity index (χ2n) is 4.06. The molecule has 0 radical (unpaired) electrons. The van der Waals surface area contributed by atoms with Gasteiger partial charge in [-0.05, 0) is 12.5 Å². The monoisotopic (exact) mass is 231 g/mol. The van der Waals surface area contributed by atoms with E-state index in [0.717, 1.165) is 5.56 Å². The first kappa shape index (κ1) is 13.2. The van der Waals surface area contributed by atoms with E-state index in [0.29, 0.717) is 6.42 Å². The number of benzene rings is 1. The SMILES string of the molecule is CC(CC(N)=O)NC(CC#N)c1ccccc1. The maximum Gasteiger partial charge on any atom is 0.218 e. The molecule has 0 saturated carbocycles. The summed E-state index contributed by atoms with van der Waals surface area (Å²) < 4.78 is 0. The molecule has 0 bridgehead atoms. The molecule has 4 heteroatoms. The first-order valence-corrected chi connectivity index (χ1v) is 5.59. The summed E-state index contributed by atoms with van der Waals surface area (Å²) in [4.78, 5) is 10.8. The van der Waals surface area contributed by atoms with E-state index in [9.17, 15) is 4.79 Å². The average molecular weight is 231 g/mol. The zero-order valence-electron chi connectivity index (χ0n) is 9.89. The van der Waals surface area contributed by atoms with Gasteiger partial charge in [-0.2, -0.15) is 5.26 Å². The van der Waals surface area contributed by atoms with Gasteiger partial charge in [0.15, 0.2) is 0 Å². The van der Waals surface area contributed by atoms with Crippen LogP contribution in [0.1, 0.15) is 31.4 Å². The van der Waals surface area contributed by atoms with E-state index in [-0.39, 0.29) is 24.4 Å². The molecule has 1 rings (SSSR count). The number of nitrogens with two attached hydrogens (primary N) is 1. The molecule has 1 aromatic carbocycles. The minimum atomic E-state index is -0.339. The highest BCUT2D eigenvalue weighted by atomic mass is 16.1. The molecule has 0 heterocycles. The summed E-state index contributed by atoms with van der Waals surface area (Å²) in [5.74, 6) is -0.339. The van der Waals surface area contributed by atoms with Crippen LogP contribution in [0.25, 0.3) is 0 Å². The number of carbonyl (C=O) groups is 1. The van der Waals surface area contributed by atoms with E-state index in [4.69, 9.17) is 11.0 Å². The normalized spacial score (nSPS) is 13.6. The molecule has 0 aliphatic rings. The number of rotatable bonds is 6. The van der Waals surface area contributed by atoms with Crippen molar-refractivity contribution in [2.45, 2.75) is 31.8 Å². The molecule has 2 atom stereocenters. The summed E-state index contributed by atoms with van der Waals surface area (Å²) in [5.41, 5.74) is 6.18. The first-order chi connectivity index (χ1) is 8.13. The fourth-order valence-corrected chi connectivity index (χ4v) is 1.75. The summed E-state index contributed by atoms with van der Waals surface area (Å²) in [6, 6.07) is 11.8. The molecular weight excluding hydrogens is 214 g/mol. The average Bonchev–Trinajstić information content (AvgIpc) is 2.28. The van der Waals surface area contributed by atoms with Crippen LogP contribution in [-0.2, 0) is 4.79 Å². The topological polar surface area (TPSA) is 78.9 Å². The van der Waals surface area contributed by atoms with Crippen molar-refractivity contribution >= 4 is 5.91 Å². The Morgan fingerprint density at radius 2 is 2.12 bits per heavy atom. The fraction of sp³-hybridized carbons (Fsp3) is 0.385. The molecule has 0 aliphatic carbocycles. The number of hydrogen-bond donors (Lipinski definition) is 2. The minimum absolute atomic E-state index is 0.0361. The van der Waals surface area contributed by atoms with Gasteiger partial charge in [-0.25, -0.2) is 0 Å². The van der Waals surface area contributed by atoms with E-state index in [1.807, 2.05) is 37.3 Å². The van der Waals surface area contributed by atoms with Crippen LogP contribution in [0.5, 0.6) is 0 Å². The van der Waals surface area contributed by atoms with Crippen LogP contribution < -0.4 is 11.1 Å². The van der Waals surface area contributed by atoms with Crippen molar-refractivity contribution in [3.63, 3.8) is 0 Å². The third-order valence-electron chi connectivity index (χ3n) is 2.49. The Morgan fingerprint density at radius 1 is 1.47 bits per heavy atom. The Hall–Kier alpha value is -1.86. The number of hydrogen-bond acceptors (Lipinski definition) is 3. The molecule has 0 saturated heterocycles. The van der Waals surface area contributed by atoms with Gasteiger partial charge in [0.1, 0.15) is 0 Å². The van der Waals surface area contributed by atoms with Crippen molar-refractivity contribution in [2.75, 3.05) is 0 Å². The number of primary amides is 1. The maximum absolute atomic E-state index is 10.8. The summed E-state index contributed by atoms with van der Waals surface area (Å²) in [6.45, 7) is 1.89. The van der Waals surface area contributed by atoms with Crippen molar-refractivity contribution in [1.82, 2.24) is 5.32 Å². The number of nitriles is 1. The molecule has 2 unspecified atom stereocenters. The van der Waals surface area contributed by atoms with Crippen molar-refractivity contribution in [3.8, 4) is 6.07 Å². The Kier molecular flexibility index (Phi) is 5.18. The van der Waals surface area contributed by atoms with Crippen molar-refractivity contribution in [3.05, 3.63) is 35.9 Å². The standard InChI is InChI=1S/C13H17N3O/c1-10(9-13(15)17)16-12(7-8-14)11-5-3-2-4-6-11/h2-6,10,12,16H,7,9H2,1H3,(H2,15,17). The van der Waals surface area contributed by atoms with Crippen molar-refractivity contribution in [2.24, 2.45) is 5.73 Å². The third-order valence-corrected chi connectivity index (χ3v) is 2.49. The van der Waals surface area contributed by atoms with Crippen molar-refractivity contribution in [1.29, 1.82) is 5.26 Å². The van der Waals surface area contributed by atoms with Gasteiger partial charge < -0.3 is 11.1 Å². The van der Waals surface area contributed by atoms with Crippen LogP contribution in [-0.4, -0.2) is 11.9 Å². The molecule has 90 valence electrons. The molecule has 0 aliphatic heterocycles. The molecule has 17 heavy (non-hydrogen) atoms. The van der Waals surface area contributed by atoms with Gasteiger partial charge in [-0.3, -0.25) is 4.79 Å². The van der Waals surface area contributed by atoms with E-state index >= 15 is 0 Å². The second-order valence-corrected chi connectivity index (χ2v) is 4.06. The zero-order valence-corrected chi connectivity index (χ0v) is 9.89. The predicted molar refractivity (Wildman–Crippen MR) is 65.8 cm³/mol. The first-order valence-electron chi connectivity index (χ1n) is 5.59. The highest BCUT2D eigenvalue weighted by Crippen LogP contribution is 2.17. The lowest BCUT2D eigenvalue weighted by Gasteiger charge is -2.20. The summed E-state index contributed by atoms with van der Waals surface area (Å²) in [5, 5.41) is 12.1. The largest absolute Gasteiger partial charge is 0.370 e. The van der Waals surface area contributed by atoms with Gasteiger partial charge in [0.05, 0.1) is 12.5 Å². The molecule has 3 N–H and O–H groups in total. The molecule has 0 spiro atoms. The summed E-state index contributed by atoms with van der Waals surface area (Å²) in [7, 11) is 0. The van der Waals surface area contributed by atoms with Crippen molar-refractivity contribution < 1.29 is 4.79 Å². The number of carbonyl (C=O) groups excluding carboxylic acids is 1. The zero-order chi connectivity index (χ0) is 12.7. The van der Waals surface area contributed by atoms with E-state index in [2.05, 4.69) is 11.4 Å². The lowest BCUT2D eigenvalue weighted by molar-refractivity contribution is -0.118. The summed E-state index contributed by atoms with van der Waals surface area (Å²) in [6.07, 6.45) is 0.641. The summed E-state index contributed by atoms with van der Waals surface area (Å²) >= 11 is 0. The molecule has 4 nitrogen and oxygen atoms in total. The fourth-order valence-electron chi connectivity index (χ4n) is 1.75. The number of nitrogens with zero attached hydrogens (tertiary/aromatic N) is 1. The van der Waals surface area contributed by atoms with E-state index in [1.165, 1.54) is 0 Å². The van der Waals surface area contributed by atoms with Crippen LogP contribution in [0, 0.1) is 11.3 Å². The highest BCUT2D eigenvalue weighted by molar-refractivity contribution is 5.74. The lowest BCUT2D eigenvalue weighted by Crippen LogP contribution is -2.34. The van der Waals surface area contributed by atoms with Gasteiger partial charge >= 0.3 is 0 Å². The lowest BCUT2D eigenvalue weighted by atomic mass is 10.0. The van der Waals surface area contributed by atoms with Crippen LogP contribution >= 0.6 is 0 Å². The quantitative estimate of drug-likeness (QED) is 0.778. The predicted octanol–water partition coefficient (Wildman–Crippen LogP) is 1.49. The molecule has 1 aromatic rings. The minimum Gasteiger partial charge on any atom is -0.370 e. The molecule has 1 amide bonds. The molecule has 0 fully saturated rings. The second kappa shape index (κ2) is 6.66. The smallest absolute Gasteiger partial charge is 0.218 e. The van der Waals surface area contributed by atoms with Gasteiger partial charge in [-0.15, -0.1) is 0 Å². The number of nitrogens with one attached hydrogen (secondary N) is 1. The highest BCUT2D eigenvalue weighted by Gasteiger charge is 2.14. The third kappa shape index (κ3) is 4.66. The van der Waals surface area contributed by atoms with E-state index in [1.54, 1.807) is 0 Å². The Bertz CT molecular complexity index is 397. The van der Waals surface area contributed by atoms with Crippen LogP contribution in [0.2, 0.25) is 0 Å². The van der Waals surface area contributed by atoms with Crippen LogP contribution in [0.4, 0.5) is 0 Å². The van der Waals surface area contributed by atoms with Gasteiger partial charge in [0, 0.05) is 18.5 Å². The number of amides is 1. The van der Waals surface area contributed by atoms with Crippen LogP contribution in [0.15, 0.2) is 30.3 Å². The molecule has 0 aromatic heterocycles. The molecular formula is C13H17N3O. The Labute approximate surface area is 101 Å². The Balaban J connectivity index is 2.67. The van der Waals surface area contributed by atoms with Gasteiger partial charge in [-0.1, -0.05) is 30.3 Å². The maximum atomic E-state index is 10.8. The van der Waals surface area contributed by atoms with Crippen LogP contribution in [0.3, 0.4) is 0 Å². The van der Waals surface area contributed by atoms with Gasteiger partial charge in [0.2, 0.25) is 5.91 Å². The Morgan fingerprint density at radius 3 is 2.65 bits per heavy atom. The van der Waals surface area contributed by atoms with E-state index < -0.39 is 0 Å².